The Labute approximate surface area is 218 Å². The summed E-state index contributed by atoms with van der Waals surface area (Å²) in [5.74, 6) is -1.20. The molecule has 1 saturated heterocycles. The molecule has 10 nitrogen and oxygen atoms in total. The highest BCUT2D eigenvalue weighted by molar-refractivity contribution is 7.09. The molecule has 1 fully saturated rings. The van der Waals surface area contributed by atoms with Crippen LogP contribution in [-0.4, -0.2) is 48.5 Å². The minimum absolute atomic E-state index is 0.0162. The van der Waals surface area contributed by atoms with Crippen LogP contribution in [0.5, 0.6) is 5.75 Å². The van der Waals surface area contributed by atoms with Gasteiger partial charge in [0, 0.05) is 18.8 Å². The number of amides is 3. The summed E-state index contributed by atoms with van der Waals surface area (Å²) in [6.07, 6.45) is 1.70. The number of para-hydroxylation sites is 1. The fraction of sp³-hybridized carbons (Fsp3) is 0.308. The highest BCUT2D eigenvalue weighted by Crippen LogP contribution is 2.35. The second kappa shape index (κ2) is 11.4. The Bertz CT molecular complexity index is 1290. The summed E-state index contributed by atoms with van der Waals surface area (Å²) in [5.41, 5.74) is 13.0. The van der Waals surface area contributed by atoms with Gasteiger partial charge in [-0.05, 0) is 60.6 Å². The molecule has 0 radical (unpaired) electrons. The minimum atomic E-state index is -1.07. The van der Waals surface area contributed by atoms with Crippen molar-refractivity contribution in [2.24, 2.45) is 5.73 Å². The van der Waals surface area contributed by atoms with Crippen molar-refractivity contribution in [1.29, 1.82) is 0 Å². The number of nitrogens with two attached hydrogens (primary N) is 2. The minimum Gasteiger partial charge on any atom is -0.497 e. The van der Waals surface area contributed by atoms with Gasteiger partial charge in [0.2, 0.25) is 5.91 Å². The smallest absolute Gasteiger partial charge is 0.273 e. The van der Waals surface area contributed by atoms with Crippen molar-refractivity contribution in [2.45, 2.75) is 31.9 Å². The summed E-state index contributed by atoms with van der Waals surface area (Å²) in [6.45, 7) is 2.81. The number of anilines is 2. The number of nitrogens with zero attached hydrogens (tertiary/aromatic N) is 2. The molecule has 4 rings (SSSR count). The van der Waals surface area contributed by atoms with E-state index in [1.165, 1.54) is 4.90 Å². The second-order valence-electron chi connectivity index (χ2n) is 8.66. The summed E-state index contributed by atoms with van der Waals surface area (Å²) in [5, 5.41) is 2.96. The highest BCUT2D eigenvalue weighted by Gasteiger charge is 2.37. The van der Waals surface area contributed by atoms with Crippen LogP contribution in [0.25, 0.3) is 0 Å². The van der Waals surface area contributed by atoms with E-state index in [1.807, 2.05) is 19.1 Å². The zero-order valence-corrected chi connectivity index (χ0v) is 21.4. The molecule has 0 unspecified atom stereocenters. The number of carbonyl (C=O) groups is 3. The van der Waals surface area contributed by atoms with Crippen molar-refractivity contribution in [3.8, 4) is 5.75 Å². The van der Waals surface area contributed by atoms with Crippen molar-refractivity contribution in [1.82, 2.24) is 9.69 Å². The van der Waals surface area contributed by atoms with E-state index >= 15 is 0 Å². The van der Waals surface area contributed by atoms with E-state index in [1.54, 1.807) is 43.5 Å². The van der Waals surface area contributed by atoms with Crippen LogP contribution in [0.1, 0.15) is 50.2 Å². The molecule has 0 bridgehead atoms. The number of aryl methyl sites for hydroxylation is 1. The third-order valence-electron chi connectivity index (χ3n) is 6.22. The number of nitrogen functional groups attached to an aromatic ring is 1. The number of primary amides is 1. The van der Waals surface area contributed by atoms with Crippen molar-refractivity contribution < 1.29 is 23.9 Å². The topological polar surface area (TPSA) is 150 Å². The van der Waals surface area contributed by atoms with Gasteiger partial charge in [0.25, 0.3) is 11.8 Å². The molecule has 3 amide bonds. The predicted molar refractivity (Wildman–Crippen MR) is 141 cm³/mol. The van der Waals surface area contributed by atoms with Gasteiger partial charge in [-0.3, -0.25) is 19.3 Å². The normalized spacial score (nSPS) is 15.7. The van der Waals surface area contributed by atoms with Gasteiger partial charge < -0.3 is 26.3 Å². The lowest BCUT2D eigenvalue weighted by molar-refractivity contribution is -0.123. The van der Waals surface area contributed by atoms with Gasteiger partial charge in [0.15, 0.2) is 5.69 Å². The van der Waals surface area contributed by atoms with Crippen LogP contribution in [0.15, 0.2) is 48.5 Å². The molecule has 5 N–H and O–H groups in total. The van der Waals surface area contributed by atoms with E-state index in [-0.39, 0.29) is 22.4 Å². The van der Waals surface area contributed by atoms with Gasteiger partial charge in [-0.25, -0.2) is 0 Å². The van der Waals surface area contributed by atoms with Gasteiger partial charge in [-0.1, -0.05) is 30.3 Å². The number of benzene rings is 2. The van der Waals surface area contributed by atoms with Crippen molar-refractivity contribution in [3.05, 3.63) is 70.2 Å². The number of hydrogen-bond acceptors (Lipinski definition) is 8. The molecule has 0 saturated carbocycles. The van der Waals surface area contributed by atoms with Gasteiger partial charge in [-0.2, -0.15) is 4.37 Å². The molecular weight excluding hydrogens is 494 g/mol. The maximum absolute atomic E-state index is 14.1. The van der Waals surface area contributed by atoms with Crippen molar-refractivity contribution >= 4 is 40.6 Å². The number of hydrogen-bond donors (Lipinski definition) is 3. The Balaban J connectivity index is 1.82. The third kappa shape index (κ3) is 5.57. The predicted octanol–water partition coefficient (Wildman–Crippen LogP) is 2.82. The van der Waals surface area contributed by atoms with Crippen LogP contribution in [0, 0.1) is 6.92 Å². The van der Waals surface area contributed by atoms with Crippen molar-refractivity contribution in [3.63, 3.8) is 0 Å². The number of methoxy groups -OCH3 is 1. The number of rotatable bonds is 9. The Kier molecular flexibility index (Phi) is 8.04. The Morgan fingerprint density at radius 3 is 2.54 bits per heavy atom. The number of nitrogens with one attached hydrogen (secondary N) is 1. The number of aromatic nitrogens is 1. The van der Waals surface area contributed by atoms with Gasteiger partial charge in [0.1, 0.15) is 16.7 Å². The lowest BCUT2D eigenvalue weighted by atomic mass is 10.0. The molecule has 0 spiro atoms. The standard InChI is InChI=1S/C26H29N5O5S/c1-15-6-3-4-8-19(15)31(26(34)23-20(27)21(24(28)32)30-37-23)22(16-9-11-17(35-2)12-10-16)25(33)29-14-18-7-5-13-36-18/h3-4,6,8-12,18,22H,5,7,13-14,27H2,1-2H3,(H2,28,32)(H,29,33)/t18-,22+/m0/s1. The Hall–Kier alpha value is -3.96. The zero-order valence-electron chi connectivity index (χ0n) is 20.6. The molecule has 2 aromatic carbocycles. The van der Waals surface area contributed by atoms with Crippen LogP contribution in [0.3, 0.4) is 0 Å². The summed E-state index contributed by atoms with van der Waals surface area (Å²) in [6, 6.07) is 13.1. The zero-order chi connectivity index (χ0) is 26.5. The first-order valence-electron chi connectivity index (χ1n) is 11.8. The average Bonchev–Trinajstić information content (AvgIpc) is 3.56. The van der Waals surface area contributed by atoms with Gasteiger partial charge in [0.05, 0.1) is 18.9 Å². The molecular formula is C26H29N5O5S. The lowest BCUT2D eigenvalue weighted by Crippen LogP contribution is -2.45. The van der Waals surface area contributed by atoms with E-state index in [9.17, 15) is 14.4 Å². The molecule has 1 aliphatic rings. The molecule has 194 valence electrons. The molecule has 37 heavy (non-hydrogen) atoms. The molecule has 3 aromatic rings. The molecule has 1 aromatic heterocycles. The fourth-order valence-electron chi connectivity index (χ4n) is 4.26. The van der Waals surface area contributed by atoms with E-state index < -0.39 is 23.8 Å². The molecule has 11 heteroatoms. The average molecular weight is 524 g/mol. The van der Waals surface area contributed by atoms with Gasteiger partial charge >= 0.3 is 0 Å². The Morgan fingerprint density at radius 1 is 1.22 bits per heavy atom. The SMILES string of the molecule is COc1ccc([C@H](C(=O)NC[C@@H]2CCCO2)N(C(=O)c2snc(C(N)=O)c2N)c2ccccc2C)cc1. The maximum atomic E-state index is 14.1. The number of ether oxygens (including phenoxy) is 2. The van der Waals surface area contributed by atoms with Crippen LogP contribution in [0.2, 0.25) is 0 Å². The van der Waals surface area contributed by atoms with E-state index in [0.29, 0.717) is 30.2 Å². The summed E-state index contributed by atoms with van der Waals surface area (Å²) < 4.78 is 14.9. The van der Waals surface area contributed by atoms with Crippen molar-refractivity contribution in [2.75, 3.05) is 30.9 Å². The number of carbonyl (C=O) groups excluding carboxylic acids is 3. The van der Waals surface area contributed by atoms with Crippen LogP contribution >= 0.6 is 11.5 Å². The largest absolute Gasteiger partial charge is 0.497 e. The molecule has 0 aliphatic carbocycles. The quantitative estimate of drug-likeness (QED) is 0.390. The summed E-state index contributed by atoms with van der Waals surface area (Å²) in [7, 11) is 1.55. The third-order valence-corrected chi connectivity index (χ3v) is 7.07. The monoisotopic (exact) mass is 523 g/mol. The lowest BCUT2D eigenvalue weighted by Gasteiger charge is -2.32. The van der Waals surface area contributed by atoms with E-state index in [0.717, 1.165) is 29.9 Å². The fourth-order valence-corrected chi connectivity index (χ4v) is 5.00. The first-order chi connectivity index (χ1) is 17.8. The van der Waals surface area contributed by atoms with Crippen LogP contribution in [0.4, 0.5) is 11.4 Å². The maximum Gasteiger partial charge on any atom is 0.273 e. The molecule has 2 heterocycles. The van der Waals surface area contributed by atoms with E-state index in [2.05, 4.69) is 9.69 Å². The first-order valence-corrected chi connectivity index (χ1v) is 12.6. The Morgan fingerprint density at radius 2 is 1.95 bits per heavy atom. The van der Waals surface area contributed by atoms with E-state index in [4.69, 9.17) is 20.9 Å². The second-order valence-corrected chi connectivity index (χ2v) is 9.43. The first kappa shape index (κ1) is 26.1. The summed E-state index contributed by atoms with van der Waals surface area (Å²) >= 11 is 0.767. The van der Waals surface area contributed by atoms with Gasteiger partial charge in [-0.15, -0.1) is 0 Å². The molecule has 2 atom stereocenters. The van der Waals surface area contributed by atoms with Crippen LogP contribution < -0.4 is 26.4 Å². The highest BCUT2D eigenvalue weighted by atomic mass is 32.1. The molecule has 1 aliphatic heterocycles. The summed E-state index contributed by atoms with van der Waals surface area (Å²) in [4.78, 5) is 41.1. The van der Waals surface area contributed by atoms with Crippen LogP contribution in [-0.2, 0) is 9.53 Å².